The van der Waals surface area contributed by atoms with Crippen LogP contribution < -0.4 is 0 Å². The van der Waals surface area contributed by atoms with Gasteiger partial charge < -0.3 is 10.0 Å². The Kier molecular flexibility index (Phi) is 2.48. The molecular weight excluding hydrogens is 194 g/mol. The van der Waals surface area contributed by atoms with Gasteiger partial charge in [-0.2, -0.15) is 5.10 Å². The number of rotatable bonds is 2. The van der Waals surface area contributed by atoms with E-state index in [-0.39, 0.29) is 18.4 Å². The molecule has 1 N–H and O–H groups in total. The molecule has 1 aliphatic heterocycles. The van der Waals surface area contributed by atoms with Gasteiger partial charge in [0.15, 0.2) is 0 Å². The van der Waals surface area contributed by atoms with Gasteiger partial charge in [-0.3, -0.25) is 9.48 Å². The molecule has 0 atom stereocenters. The lowest BCUT2D eigenvalue weighted by Crippen LogP contribution is -2.51. The molecule has 1 aliphatic rings. The van der Waals surface area contributed by atoms with Crippen molar-refractivity contribution < 1.29 is 9.90 Å². The molecule has 2 rings (SSSR count). The summed E-state index contributed by atoms with van der Waals surface area (Å²) in [6.07, 6.45) is 0. The lowest BCUT2D eigenvalue weighted by molar-refractivity contribution is 0.0352. The number of carbonyl (C=O) groups is 1. The lowest BCUT2D eigenvalue weighted by Gasteiger charge is -2.38. The van der Waals surface area contributed by atoms with Crippen molar-refractivity contribution in [2.24, 2.45) is 13.0 Å². The third kappa shape index (κ3) is 1.74. The molecule has 15 heavy (non-hydrogen) atoms. The zero-order chi connectivity index (χ0) is 11.0. The number of amides is 1. The number of likely N-dealkylation sites (tertiary alicyclic amines) is 1. The van der Waals surface area contributed by atoms with Gasteiger partial charge in [0, 0.05) is 32.7 Å². The minimum Gasteiger partial charge on any atom is -0.396 e. The van der Waals surface area contributed by atoms with Crippen molar-refractivity contribution >= 4 is 5.91 Å². The van der Waals surface area contributed by atoms with Crippen LogP contribution >= 0.6 is 0 Å². The Morgan fingerprint density at radius 1 is 1.67 bits per heavy atom. The summed E-state index contributed by atoms with van der Waals surface area (Å²) < 4.78 is 1.60. The molecule has 1 aromatic rings. The van der Waals surface area contributed by atoms with Crippen molar-refractivity contribution in [3.05, 3.63) is 17.5 Å². The summed E-state index contributed by atoms with van der Waals surface area (Å²) in [6.45, 7) is 3.33. The summed E-state index contributed by atoms with van der Waals surface area (Å²) in [5.41, 5.74) is 1.46. The second kappa shape index (κ2) is 3.66. The fraction of sp³-hybridized carbons (Fsp3) is 0.600. The van der Waals surface area contributed by atoms with Crippen LogP contribution in [0.15, 0.2) is 6.07 Å². The van der Waals surface area contributed by atoms with Gasteiger partial charge in [0.05, 0.1) is 5.69 Å². The van der Waals surface area contributed by atoms with Gasteiger partial charge in [-0.25, -0.2) is 0 Å². The number of hydrogen-bond donors (Lipinski definition) is 1. The molecule has 1 saturated heterocycles. The zero-order valence-corrected chi connectivity index (χ0v) is 8.97. The first-order valence-electron chi connectivity index (χ1n) is 5.02. The van der Waals surface area contributed by atoms with Crippen molar-refractivity contribution in [1.82, 2.24) is 14.7 Å². The Balaban J connectivity index is 2.06. The maximum Gasteiger partial charge on any atom is 0.272 e. The molecule has 1 aromatic heterocycles. The lowest BCUT2D eigenvalue weighted by atomic mass is 10.0. The summed E-state index contributed by atoms with van der Waals surface area (Å²) in [7, 11) is 1.77. The molecule has 5 heteroatoms. The molecule has 2 heterocycles. The fourth-order valence-corrected chi connectivity index (χ4v) is 1.82. The minimum atomic E-state index is 0.00259. The Hall–Kier alpha value is -1.36. The topological polar surface area (TPSA) is 58.4 Å². The molecule has 0 aromatic carbocycles. The fourth-order valence-electron chi connectivity index (χ4n) is 1.82. The largest absolute Gasteiger partial charge is 0.396 e. The van der Waals surface area contributed by atoms with Crippen LogP contribution in [0.4, 0.5) is 0 Å². The molecule has 0 saturated carbocycles. The highest BCUT2D eigenvalue weighted by atomic mass is 16.3. The number of aliphatic hydroxyl groups is 1. The average molecular weight is 209 g/mol. The molecule has 1 fully saturated rings. The van der Waals surface area contributed by atoms with E-state index in [9.17, 15) is 4.79 Å². The van der Waals surface area contributed by atoms with Crippen LogP contribution in [0.5, 0.6) is 0 Å². The minimum absolute atomic E-state index is 0.00259. The number of carbonyl (C=O) groups excluding carboxylic acids is 1. The third-order valence-electron chi connectivity index (χ3n) is 2.72. The van der Waals surface area contributed by atoms with Gasteiger partial charge in [-0.05, 0) is 13.0 Å². The first-order valence-corrected chi connectivity index (χ1v) is 5.02. The quantitative estimate of drug-likeness (QED) is 0.733. The number of aryl methyl sites for hydroxylation is 2. The van der Waals surface area contributed by atoms with Gasteiger partial charge in [-0.1, -0.05) is 0 Å². The Labute approximate surface area is 88.3 Å². The number of aromatic nitrogens is 2. The number of hydrogen-bond acceptors (Lipinski definition) is 3. The molecule has 0 bridgehead atoms. The van der Waals surface area contributed by atoms with Crippen LogP contribution in [0.2, 0.25) is 0 Å². The highest BCUT2D eigenvalue weighted by Gasteiger charge is 2.31. The Morgan fingerprint density at radius 3 is 2.80 bits per heavy atom. The van der Waals surface area contributed by atoms with E-state index in [4.69, 9.17) is 5.11 Å². The maximum absolute atomic E-state index is 11.9. The summed E-state index contributed by atoms with van der Waals surface area (Å²) in [6, 6.07) is 1.79. The van der Waals surface area contributed by atoms with E-state index in [1.807, 2.05) is 6.92 Å². The molecule has 0 unspecified atom stereocenters. The monoisotopic (exact) mass is 209 g/mol. The standard InChI is InChI=1S/C10H15N3O2/c1-7-3-9(12(2)11-7)10(15)13-4-8(5-13)6-14/h3,8,14H,4-6H2,1-2H3. The normalized spacial score (nSPS) is 16.6. The molecule has 0 spiro atoms. The predicted molar refractivity (Wildman–Crippen MR) is 54.4 cm³/mol. The van der Waals surface area contributed by atoms with Crippen LogP contribution in [0, 0.1) is 12.8 Å². The zero-order valence-electron chi connectivity index (χ0n) is 8.97. The van der Waals surface area contributed by atoms with E-state index in [1.54, 1.807) is 22.7 Å². The van der Waals surface area contributed by atoms with Crippen LogP contribution in [0.3, 0.4) is 0 Å². The molecule has 0 aliphatic carbocycles. The highest BCUT2D eigenvalue weighted by Crippen LogP contribution is 2.18. The molecule has 1 amide bonds. The smallest absolute Gasteiger partial charge is 0.272 e. The van der Waals surface area contributed by atoms with Gasteiger partial charge in [0.1, 0.15) is 5.69 Å². The Morgan fingerprint density at radius 2 is 2.33 bits per heavy atom. The molecule has 82 valence electrons. The van der Waals surface area contributed by atoms with E-state index in [0.29, 0.717) is 18.8 Å². The van der Waals surface area contributed by atoms with Crippen LogP contribution in [0.1, 0.15) is 16.2 Å². The molecule has 0 radical (unpaired) electrons. The van der Waals surface area contributed by atoms with Gasteiger partial charge in [0.2, 0.25) is 0 Å². The van der Waals surface area contributed by atoms with Crippen molar-refractivity contribution in [3.63, 3.8) is 0 Å². The van der Waals surface area contributed by atoms with E-state index >= 15 is 0 Å². The molecule has 5 nitrogen and oxygen atoms in total. The summed E-state index contributed by atoms with van der Waals surface area (Å²) in [5.74, 6) is 0.256. The van der Waals surface area contributed by atoms with Crippen LogP contribution in [-0.2, 0) is 7.05 Å². The Bertz CT molecular complexity index is 380. The van der Waals surface area contributed by atoms with Crippen molar-refractivity contribution in [1.29, 1.82) is 0 Å². The third-order valence-corrected chi connectivity index (χ3v) is 2.72. The maximum atomic E-state index is 11.9. The van der Waals surface area contributed by atoms with E-state index < -0.39 is 0 Å². The number of aliphatic hydroxyl groups excluding tert-OH is 1. The summed E-state index contributed by atoms with van der Waals surface area (Å²) in [4.78, 5) is 13.6. The highest BCUT2D eigenvalue weighted by molar-refractivity contribution is 5.93. The van der Waals surface area contributed by atoms with Crippen molar-refractivity contribution in [2.75, 3.05) is 19.7 Å². The summed E-state index contributed by atoms with van der Waals surface area (Å²) in [5, 5.41) is 13.0. The predicted octanol–water partition coefficient (Wildman–Crippen LogP) is -0.207. The second-order valence-corrected chi connectivity index (χ2v) is 4.05. The van der Waals surface area contributed by atoms with Crippen LogP contribution in [-0.4, -0.2) is 45.4 Å². The number of nitrogens with zero attached hydrogens (tertiary/aromatic N) is 3. The van der Waals surface area contributed by atoms with E-state index in [0.717, 1.165) is 5.69 Å². The molecular formula is C10H15N3O2. The van der Waals surface area contributed by atoms with Gasteiger partial charge in [-0.15, -0.1) is 0 Å². The van der Waals surface area contributed by atoms with Gasteiger partial charge in [0.25, 0.3) is 5.91 Å². The van der Waals surface area contributed by atoms with E-state index in [2.05, 4.69) is 5.10 Å². The van der Waals surface area contributed by atoms with Crippen molar-refractivity contribution in [2.45, 2.75) is 6.92 Å². The summed E-state index contributed by atoms with van der Waals surface area (Å²) >= 11 is 0. The SMILES string of the molecule is Cc1cc(C(=O)N2CC(CO)C2)n(C)n1. The van der Waals surface area contributed by atoms with Crippen LogP contribution in [0.25, 0.3) is 0 Å². The first kappa shape index (κ1) is 10.2. The van der Waals surface area contributed by atoms with Crippen molar-refractivity contribution in [3.8, 4) is 0 Å². The first-order chi connectivity index (χ1) is 7.11. The second-order valence-electron chi connectivity index (χ2n) is 4.05. The van der Waals surface area contributed by atoms with E-state index in [1.165, 1.54) is 0 Å². The average Bonchev–Trinajstić information content (AvgIpc) is 2.43. The van der Waals surface area contributed by atoms with Gasteiger partial charge >= 0.3 is 0 Å².